The van der Waals surface area contributed by atoms with Crippen LogP contribution in [0.1, 0.15) is 5.56 Å². The molecule has 0 aromatic heterocycles. The van der Waals surface area contributed by atoms with Crippen LogP contribution in [-0.4, -0.2) is 13.7 Å². The van der Waals surface area contributed by atoms with Crippen LogP contribution in [0.25, 0.3) is 0 Å². The van der Waals surface area contributed by atoms with E-state index in [-0.39, 0.29) is 5.56 Å². The SMILES string of the molecule is COc1cc(C(F)(F)CN)ccc1Br. The van der Waals surface area contributed by atoms with Gasteiger partial charge in [-0.15, -0.1) is 0 Å². The minimum absolute atomic E-state index is 0.139. The summed E-state index contributed by atoms with van der Waals surface area (Å²) in [7, 11) is 1.42. The van der Waals surface area contributed by atoms with Crippen molar-refractivity contribution in [3.8, 4) is 5.75 Å². The van der Waals surface area contributed by atoms with Crippen molar-refractivity contribution in [1.82, 2.24) is 0 Å². The average molecular weight is 266 g/mol. The second kappa shape index (κ2) is 4.23. The molecule has 0 saturated heterocycles. The maximum absolute atomic E-state index is 13.1. The number of hydrogen-bond acceptors (Lipinski definition) is 2. The van der Waals surface area contributed by atoms with Gasteiger partial charge >= 0.3 is 0 Å². The fourth-order valence-electron chi connectivity index (χ4n) is 1.01. The summed E-state index contributed by atoms with van der Waals surface area (Å²) in [5.41, 5.74) is 4.83. The van der Waals surface area contributed by atoms with Crippen molar-refractivity contribution in [3.63, 3.8) is 0 Å². The summed E-state index contributed by atoms with van der Waals surface area (Å²) < 4.78 is 31.8. The molecule has 2 N–H and O–H groups in total. The maximum atomic E-state index is 13.1. The number of ether oxygens (including phenoxy) is 1. The number of rotatable bonds is 3. The molecule has 14 heavy (non-hydrogen) atoms. The van der Waals surface area contributed by atoms with Gasteiger partial charge in [0.25, 0.3) is 5.92 Å². The smallest absolute Gasteiger partial charge is 0.285 e. The number of halogens is 3. The standard InChI is InChI=1S/C9H10BrF2NO/c1-14-8-4-6(2-3-7(8)10)9(11,12)5-13/h2-4H,5,13H2,1H3. The molecule has 0 saturated carbocycles. The molecular weight excluding hydrogens is 256 g/mol. The molecule has 1 aromatic rings. The van der Waals surface area contributed by atoms with Crippen LogP contribution in [0.4, 0.5) is 8.78 Å². The number of alkyl halides is 2. The second-order valence-corrected chi connectivity index (χ2v) is 3.61. The molecule has 0 amide bonds. The van der Waals surface area contributed by atoms with E-state index in [0.29, 0.717) is 10.2 Å². The lowest BCUT2D eigenvalue weighted by Crippen LogP contribution is -2.25. The third kappa shape index (κ3) is 2.22. The van der Waals surface area contributed by atoms with Crippen LogP contribution in [-0.2, 0) is 5.92 Å². The Labute approximate surface area is 89.2 Å². The number of hydrogen-bond donors (Lipinski definition) is 1. The summed E-state index contributed by atoms with van der Waals surface area (Å²) in [4.78, 5) is 0. The third-order valence-corrected chi connectivity index (χ3v) is 2.48. The topological polar surface area (TPSA) is 35.2 Å². The fraction of sp³-hybridized carbons (Fsp3) is 0.333. The van der Waals surface area contributed by atoms with E-state index in [2.05, 4.69) is 15.9 Å². The lowest BCUT2D eigenvalue weighted by molar-refractivity contribution is 0.00574. The zero-order valence-electron chi connectivity index (χ0n) is 7.56. The van der Waals surface area contributed by atoms with Crippen molar-refractivity contribution in [2.75, 3.05) is 13.7 Å². The van der Waals surface area contributed by atoms with Crippen molar-refractivity contribution in [3.05, 3.63) is 28.2 Å². The molecule has 0 radical (unpaired) electrons. The van der Waals surface area contributed by atoms with E-state index >= 15 is 0 Å². The van der Waals surface area contributed by atoms with Gasteiger partial charge in [0.1, 0.15) is 5.75 Å². The first kappa shape index (κ1) is 11.4. The van der Waals surface area contributed by atoms with Gasteiger partial charge in [-0.2, -0.15) is 8.78 Å². The highest BCUT2D eigenvalue weighted by Gasteiger charge is 2.30. The molecular formula is C9H10BrF2NO. The highest BCUT2D eigenvalue weighted by Crippen LogP contribution is 2.33. The monoisotopic (exact) mass is 265 g/mol. The van der Waals surface area contributed by atoms with E-state index < -0.39 is 12.5 Å². The molecule has 0 aliphatic heterocycles. The summed E-state index contributed by atoms with van der Waals surface area (Å²) >= 11 is 3.18. The molecule has 78 valence electrons. The predicted octanol–water partition coefficient (Wildman–Crippen LogP) is 2.51. The van der Waals surface area contributed by atoms with Crippen molar-refractivity contribution < 1.29 is 13.5 Å². The van der Waals surface area contributed by atoms with Crippen LogP contribution >= 0.6 is 15.9 Å². The minimum atomic E-state index is -3.01. The maximum Gasteiger partial charge on any atom is 0.285 e. The van der Waals surface area contributed by atoms with E-state index in [1.165, 1.54) is 25.3 Å². The van der Waals surface area contributed by atoms with Gasteiger partial charge in [-0.1, -0.05) is 6.07 Å². The lowest BCUT2D eigenvalue weighted by Gasteiger charge is -2.15. The fourth-order valence-corrected chi connectivity index (χ4v) is 1.41. The molecule has 0 fully saturated rings. The summed E-state index contributed by atoms with van der Waals surface area (Å²) in [5.74, 6) is -2.64. The Bertz CT molecular complexity index is 331. The van der Waals surface area contributed by atoms with Crippen molar-refractivity contribution in [2.24, 2.45) is 5.73 Å². The molecule has 1 aromatic carbocycles. The van der Waals surface area contributed by atoms with Gasteiger partial charge in [0, 0.05) is 5.56 Å². The Balaban J connectivity index is 3.12. The van der Waals surface area contributed by atoms with Gasteiger partial charge < -0.3 is 10.5 Å². The summed E-state index contributed by atoms with van der Waals surface area (Å²) in [6.07, 6.45) is 0. The zero-order valence-corrected chi connectivity index (χ0v) is 9.14. The Kier molecular flexibility index (Phi) is 3.44. The van der Waals surface area contributed by atoms with Crippen molar-refractivity contribution >= 4 is 15.9 Å². The summed E-state index contributed by atoms with van der Waals surface area (Å²) in [6.45, 7) is -0.711. The van der Waals surface area contributed by atoms with Crippen molar-refractivity contribution in [1.29, 1.82) is 0 Å². The molecule has 0 heterocycles. The van der Waals surface area contributed by atoms with E-state index in [1.54, 1.807) is 0 Å². The normalized spacial score (nSPS) is 11.5. The molecule has 0 bridgehead atoms. The summed E-state index contributed by atoms with van der Waals surface area (Å²) in [6, 6.07) is 4.11. The van der Waals surface area contributed by atoms with E-state index in [0.717, 1.165) is 0 Å². The Morgan fingerprint density at radius 2 is 2.14 bits per heavy atom. The van der Waals surface area contributed by atoms with Gasteiger partial charge in [0.05, 0.1) is 18.1 Å². The van der Waals surface area contributed by atoms with E-state index in [9.17, 15) is 8.78 Å². The lowest BCUT2D eigenvalue weighted by atomic mass is 10.1. The first-order valence-electron chi connectivity index (χ1n) is 3.93. The number of nitrogens with two attached hydrogens (primary N) is 1. The molecule has 1 rings (SSSR count). The largest absolute Gasteiger partial charge is 0.496 e. The molecule has 0 aliphatic rings. The Morgan fingerprint density at radius 1 is 1.50 bits per heavy atom. The minimum Gasteiger partial charge on any atom is -0.496 e. The molecule has 5 heteroatoms. The molecule has 0 unspecified atom stereocenters. The van der Waals surface area contributed by atoms with Gasteiger partial charge in [-0.05, 0) is 28.1 Å². The third-order valence-electron chi connectivity index (χ3n) is 1.83. The van der Waals surface area contributed by atoms with Crippen LogP contribution in [0.15, 0.2) is 22.7 Å². The highest BCUT2D eigenvalue weighted by atomic mass is 79.9. The Morgan fingerprint density at radius 3 is 2.64 bits per heavy atom. The average Bonchev–Trinajstić information content (AvgIpc) is 2.18. The van der Waals surface area contributed by atoms with Gasteiger partial charge in [-0.3, -0.25) is 0 Å². The van der Waals surface area contributed by atoms with E-state index in [1.807, 2.05) is 0 Å². The van der Waals surface area contributed by atoms with E-state index in [4.69, 9.17) is 10.5 Å². The summed E-state index contributed by atoms with van der Waals surface area (Å²) in [5, 5.41) is 0. The first-order valence-corrected chi connectivity index (χ1v) is 4.72. The zero-order chi connectivity index (χ0) is 10.8. The predicted molar refractivity (Wildman–Crippen MR) is 53.6 cm³/mol. The number of benzene rings is 1. The van der Waals surface area contributed by atoms with Crippen LogP contribution in [0.3, 0.4) is 0 Å². The van der Waals surface area contributed by atoms with Gasteiger partial charge in [-0.25, -0.2) is 0 Å². The first-order chi connectivity index (χ1) is 6.51. The highest BCUT2D eigenvalue weighted by molar-refractivity contribution is 9.10. The van der Waals surface area contributed by atoms with Crippen LogP contribution < -0.4 is 10.5 Å². The molecule has 0 aliphatic carbocycles. The van der Waals surface area contributed by atoms with Gasteiger partial charge in [0.2, 0.25) is 0 Å². The molecule has 0 spiro atoms. The van der Waals surface area contributed by atoms with Crippen LogP contribution in [0.2, 0.25) is 0 Å². The van der Waals surface area contributed by atoms with Crippen molar-refractivity contribution in [2.45, 2.75) is 5.92 Å². The molecule has 2 nitrogen and oxygen atoms in total. The van der Waals surface area contributed by atoms with Crippen LogP contribution in [0.5, 0.6) is 5.75 Å². The van der Waals surface area contributed by atoms with Gasteiger partial charge in [0.15, 0.2) is 0 Å². The Hall–Kier alpha value is -0.680. The molecule has 0 atom stereocenters. The second-order valence-electron chi connectivity index (χ2n) is 2.76. The number of methoxy groups -OCH3 is 1. The quantitative estimate of drug-likeness (QED) is 0.912. The van der Waals surface area contributed by atoms with Crippen LogP contribution in [0, 0.1) is 0 Å².